The highest BCUT2D eigenvalue weighted by atomic mass is 32.2. The Balaban J connectivity index is 2.02. The number of nitrogens with one attached hydrogen (secondary N) is 1. The van der Waals surface area contributed by atoms with Crippen LogP contribution in [0.25, 0.3) is 0 Å². The minimum Gasteiger partial charge on any atom is -0.496 e. The number of methoxy groups -OCH3 is 1. The molecule has 1 atom stereocenters. The van der Waals surface area contributed by atoms with Crippen molar-refractivity contribution in [3.63, 3.8) is 0 Å². The zero-order chi connectivity index (χ0) is 20.7. The minimum absolute atomic E-state index is 0.00476. The maximum absolute atomic E-state index is 10.7. The fourth-order valence-electron chi connectivity index (χ4n) is 3.58. The summed E-state index contributed by atoms with van der Waals surface area (Å²) in [6.45, 7) is 5.44. The topological polar surface area (TPSA) is 41.6 Å². The Bertz CT molecular complexity index is 816. The van der Waals surface area contributed by atoms with E-state index in [4.69, 9.17) is 4.74 Å². The molecule has 0 fully saturated rings. The average Bonchev–Trinajstić information content (AvgIpc) is 2.89. The Labute approximate surface area is 182 Å². The van der Waals surface area contributed by atoms with Crippen molar-refractivity contribution in [3.05, 3.63) is 48.0 Å². The third-order valence-electron chi connectivity index (χ3n) is 5.16. The van der Waals surface area contributed by atoms with Crippen LogP contribution >= 0.6 is 23.7 Å². The smallest absolute Gasteiger partial charge is 0.129 e. The molecule has 0 spiro atoms. The highest BCUT2D eigenvalue weighted by Crippen LogP contribution is 2.43. The maximum atomic E-state index is 10.7. The number of nitrogens with zero attached hydrogens (tertiary/aromatic N) is 1. The summed E-state index contributed by atoms with van der Waals surface area (Å²) in [5, 5.41) is 0. The van der Waals surface area contributed by atoms with Crippen molar-refractivity contribution in [1.29, 1.82) is 0 Å². The molecule has 1 aliphatic rings. The van der Waals surface area contributed by atoms with Gasteiger partial charge in [-0.15, -0.1) is 11.8 Å². The predicted octanol–water partition coefficient (Wildman–Crippen LogP) is 5.82. The van der Waals surface area contributed by atoms with E-state index in [0.29, 0.717) is 5.75 Å². The molecule has 0 aliphatic carbocycles. The number of aldehydes is 1. The Morgan fingerprint density at radius 3 is 2.79 bits per heavy atom. The standard InChI is InChI=1S/C23H30N2O2S2/c1-4-5-11-23(2)17-25(19-9-7-6-8-10-19)20-15-21(27-3)18(16-28-13-12-26)14-22(20)29-24-23/h6-10,12,14-15,24H,4-5,11,13,16-17H2,1-3H3. The second-order valence-corrected chi connectivity index (χ2v) is 9.48. The van der Waals surface area contributed by atoms with Crippen LogP contribution in [0.2, 0.25) is 0 Å². The molecule has 1 N–H and O–H groups in total. The van der Waals surface area contributed by atoms with Crippen molar-refractivity contribution >= 4 is 41.4 Å². The van der Waals surface area contributed by atoms with E-state index in [1.54, 1.807) is 30.8 Å². The number of rotatable bonds is 9. The highest BCUT2D eigenvalue weighted by Gasteiger charge is 2.32. The van der Waals surface area contributed by atoms with Gasteiger partial charge in [-0.3, -0.25) is 4.72 Å². The van der Waals surface area contributed by atoms with E-state index in [-0.39, 0.29) is 5.54 Å². The summed E-state index contributed by atoms with van der Waals surface area (Å²) in [4.78, 5) is 14.3. The van der Waals surface area contributed by atoms with Crippen molar-refractivity contribution in [1.82, 2.24) is 4.72 Å². The number of fused-ring (bicyclic) bond motifs is 1. The summed E-state index contributed by atoms with van der Waals surface area (Å²) in [6.07, 6.45) is 4.45. The fourth-order valence-corrected chi connectivity index (χ4v) is 5.24. The number of hydrogen-bond donors (Lipinski definition) is 1. The lowest BCUT2D eigenvalue weighted by atomic mass is 9.95. The zero-order valence-electron chi connectivity index (χ0n) is 17.4. The first kappa shape index (κ1) is 22.1. The van der Waals surface area contributed by atoms with Crippen molar-refractivity contribution < 1.29 is 9.53 Å². The quantitative estimate of drug-likeness (QED) is 0.307. The molecule has 6 heteroatoms. The molecule has 2 aromatic carbocycles. The molecule has 3 rings (SSSR count). The van der Waals surface area contributed by atoms with E-state index in [0.717, 1.165) is 42.0 Å². The van der Waals surface area contributed by atoms with Gasteiger partial charge in [-0.1, -0.05) is 38.0 Å². The second kappa shape index (κ2) is 10.4. The molecule has 4 nitrogen and oxygen atoms in total. The van der Waals surface area contributed by atoms with Gasteiger partial charge in [0.25, 0.3) is 0 Å². The number of benzene rings is 2. The van der Waals surface area contributed by atoms with Crippen LogP contribution in [0, 0.1) is 0 Å². The summed E-state index contributed by atoms with van der Waals surface area (Å²) in [5.74, 6) is 2.13. The molecule has 0 saturated carbocycles. The van der Waals surface area contributed by atoms with Crippen molar-refractivity contribution in [3.8, 4) is 5.75 Å². The van der Waals surface area contributed by atoms with E-state index in [1.165, 1.54) is 23.4 Å². The zero-order valence-corrected chi connectivity index (χ0v) is 19.1. The molecule has 1 aliphatic heterocycles. The normalized spacial score (nSPS) is 18.8. The van der Waals surface area contributed by atoms with Gasteiger partial charge >= 0.3 is 0 Å². The van der Waals surface area contributed by atoms with Gasteiger partial charge in [0.15, 0.2) is 0 Å². The first-order valence-corrected chi connectivity index (χ1v) is 12.1. The first-order chi connectivity index (χ1) is 14.1. The Morgan fingerprint density at radius 1 is 1.31 bits per heavy atom. The summed E-state index contributed by atoms with van der Waals surface area (Å²) in [5.41, 5.74) is 3.47. The highest BCUT2D eigenvalue weighted by molar-refractivity contribution is 7.99. The van der Waals surface area contributed by atoms with Gasteiger partial charge < -0.3 is 14.4 Å². The number of carbonyl (C=O) groups excluding carboxylic acids is 1. The number of carbonyl (C=O) groups is 1. The van der Waals surface area contributed by atoms with Crippen LogP contribution in [-0.2, 0) is 10.5 Å². The monoisotopic (exact) mass is 430 g/mol. The molecular formula is C23H30N2O2S2. The molecule has 0 radical (unpaired) electrons. The lowest BCUT2D eigenvalue weighted by molar-refractivity contribution is -0.105. The summed E-state index contributed by atoms with van der Waals surface area (Å²) >= 11 is 3.32. The number of ether oxygens (including phenoxy) is 1. The lowest BCUT2D eigenvalue weighted by Gasteiger charge is -2.34. The van der Waals surface area contributed by atoms with Gasteiger partial charge in [0.1, 0.15) is 12.0 Å². The molecule has 2 aromatic rings. The summed E-state index contributed by atoms with van der Waals surface area (Å²) < 4.78 is 9.48. The SMILES string of the molecule is CCCCC1(C)CN(c2ccccc2)c2cc(OC)c(CSCC=O)cc2SN1. The maximum Gasteiger partial charge on any atom is 0.129 e. The summed E-state index contributed by atoms with van der Waals surface area (Å²) in [6, 6.07) is 14.9. The van der Waals surface area contributed by atoms with Crippen LogP contribution in [0.3, 0.4) is 0 Å². The number of unbranched alkanes of at least 4 members (excludes halogenated alkanes) is 1. The first-order valence-electron chi connectivity index (χ1n) is 10.1. The van der Waals surface area contributed by atoms with Crippen LogP contribution < -0.4 is 14.4 Å². The molecule has 0 aromatic heterocycles. The van der Waals surface area contributed by atoms with Crippen LogP contribution in [0.1, 0.15) is 38.7 Å². The number of anilines is 2. The third-order valence-corrected chi connectivity index (χ3v) is 7.19. The molecule has 1 heterocycles. The molecule has 156 valence electrons. The minimum atomic E-state index is -0.00476. The van der Waals surface area contributed by atoms with Gasteiger partial charge in [0, 0.05) is 45.8 Å². The van der Waals surface area contributed by atoms with E-state index < -0.39 is 0 Å². The van der Waals surface area contributed by atoms with Crippen molar-refractivity contribution in [2.24, 2.45) is 0 Å². The van der Waals surface area contributed by atoms with Crippen LogP contribution in [-0.4, -0.2) is 31.2 Å². The predicted molar refractivity (Wildman–Crippen MR) is 126 cm³/mol. The second-order valence-electron chi connectivity index (χ2n) is 7.60. The van der Waals surface area contributed by atoms with E-state index >= 15 is 0 Å². The van der Waals surface area contributed by atoms with Crippen LogP contribution in [0.15, 0.2) is 47.4 Å². The Kier molecular flexibility index (Phi) is 7.92. The number of thioether (sulfide) groups is 1. The summed E-state index contributed by atoms with van der Waals surface area (Å²) in [7, 11) is 1.72. The van der Waals surface area contributed by atoms with Gasteiger partial charge in [-0.05, 0) is 43.5 Å². The molecule has 0 bridgehead atoms. The van der Waals surface area contributed by atoms with Crippen molar-refractivity contribution in [2.45, 2.75) is 49.3 Å². The van der Waals surface area contributed by atoms with Gasteiger partial charge in [0.2, 0.25) is 0 Å². The van der Waals surface area contributed by atoms with Crippen LogP contribution in [0.4, 0.5) is 11.4 Å². The molecule has 29 heavy (non-hydrogen) atoms. The Morgan fingerprint density at radius 2 is 2.10 bits per heavy atom. The molecular weight excluding hydrogens is 400 g/mol. The van der Waals surface area contributed by atoms with Gasteiger partial charge in [0.05, 0.1) is 12.8 Å². The molecule has 0 amide bonds. The van der Waals surface area contributed by atoms with Gasteiger partial charge in [-0.25, -0.2) is 0 Å². The Hall–Kier alpha value is -1.63. The number of hydrogen-bond acceptors (Lipinski definition) is 6. The van der Waals surface area contributed by atoms with Crippen LogP contribution in [0.5, 0.6) is 5.75 Å². The average molecular weight is 431 g/mol. The molecule has 1 unspecified atom stereocenters. The molecule has 0 saturated heterocycles. The van der Waals surface area contributed by atoms with E-state index in [1.807, 2.05) is 0 Å². The van der Waals surface area contributed by atoms with Crippen molar-refractivity contribution in [2.75, 3.05) is 24.3 Å². The van der Waals surface area contributed by atoms with Gasteiger partial charge in [-0.2, -0.15) is 0 Å². The van der Waals surface area contributed by atoms with E-state index in [2.05, 4.69) is 65.9 Å². The largest absolute Gasteiger partial charge is 0.496 e. The third kappa shape index (κ3) is 5.50. The lowest BCUT2D eigenvalue weighted by Crippen LogP contribution is -2.46. The number of para-hydroxylation sites is 1. The van der Waals surface area contributed by atoms with E-state index in [9.17, 15) is 4.79 Å². The fraction of sp³-hybridized carbons (Fsp3) is 0.435.